The lowest BCUT2D eigenvalue weighted by atomic mass is 10.1. The average molecular weight is 195 g/mol. The van der Waals surface area contributed by atoms with Crippen molar-refractivity contribution in [2.24, 2.45) is 0 Å². The molecule has 0 atom stereocenters. The number of aromatic nitrogens is 1. The van der Waals surface area contributed by atoms with Crippen LogP contribution in [0.15, 0.2) is 10.6 Å². The lowest BCUT2D eigenvalue weighted by Crippen LogP contribution is -1.85. The molecule has 0 N–H and O–H groups in total. The smallest absolute Gasteiger partial charge is 0.196 e. The molecule has 80 valence electrons. The Balaban J connectivity index is 2.29. The molecule has 0 aliphatic rings. The van der Waals surface area contributed by atoms with Gasteiger partial charge in [-0.3, -0.25) is 0 Å². The summed E-state index contributed by atoms with van der Waals surface area (Å²) in [5, 5.41) is 0. The Morgan fingerprint density at radius 1 is 1.29 bits per heavy atom. The summed E-state index contributed by atoms with van der Waals surface area (Å²) >= 11 is 0. The largest absolute Gasteiger partial charge is 0.445 e. The fraction of sp³-hybridized carbons (Fsp3) is 0.750. The van der Waals surface area contributed by atoms with Crippen molar-refractivity contribution in [3.05, 3.63) is 17.8 Å². The molecule has 0 spiro atoms. The zero-order valence-electron chi connectivity index (χ0n) is 9.55. The maximum Gasteiger partial charge on any atom is 0.196 e. The van der Waals surface area contributed by atoms with Crippen LogP contribution < -0.4 is 0 Å². The lowest BCUT2D eigenvalue weighted by Gasteiger charge is -1.98. The number of nitrogens with zero attached hydrogens (tertiary/aromatic N) is 1. The molecule has 0 saturated heterocycles. The van der Waals surface area contributed by atoms with Gasteiger partial charge in [-0.05, 0) is 6.42 Å². The Labute approximate surface area is 86.7 Å². The zero-order valence-corrected chi connectivity index (χ0v) is 9.55. The Morgan fingerprint density at radius 2 is 2.07 bits per heavy atom. The fourth-order valence-corrected chi connectivity index (χ4v) is 1.43. The third kappa shape index (κ3) is 3.52. The van der Waals surface area contributed by atoms with Gasteiger partial charge in [0.05, 0.1) is 6.20 Å². The van der Waals surface area contributed by atoms with Crippen LogP contribution in [0.25, 0.3) is 0 Å². The van der Waals surface area contributed by atoms with Gasteiger partial charge in [0.25, 0.3) is 0 Å². The molecule has 0 fully saturated rings. The lowest BCUT2D eigenvalue weighted by molar-refractivity contribution is 0.429. The van der Waals surface area contributed by atoms with Crippen molar-refractivity contribution in [1.29, 1.82) is 0 Å². The van der Waals surface area contributed by atoms with E-state index in [9.17, 15) is 0 Å². The normalized spacial score (nSPS) is 11.1. The van der Waals surface area contributed by atoms with E-state index in [4.69, 9.17) is 4.42 Å². The van der Waals surface area contributed by atoms with Gasteiger partial charge < -0.3 is 4.42 Å². The molecule has 0 bridgehead atoms. The first-order valence-electron chi connectivity index (χ1n) is 5.68. The van der Waals surface area contributed by atoms with Gasteiger partial charge in [0, 0.05) is 12.3 Å². The highest BCUT2D eigenvalue weighted by atomic mass is 16.4. The van der Waals surface area contributed by atoms with E-state index in [0.29, 0.717) is 5.92 Å². The monoisotopic (exact) mass is 195 g/mol. The van der Waals surface area contributed by atoms with Crippen LogP contribution >= 0.6 is 0 Å². The van der Waals surface area contributed by atoms with Crippen molar-refractivity contribution in [2.45, 2.75) is 58.8 Å². The van der Waals surface area contributed by atoms with Gasteiger partial charge in [-0.15, -0.1) is 0 Å². The van der Waals surface area contributed by atoms with E-state index >= 15 is 0 Å². The minimum Gasteiger partial charge on any atom is -0.445 e. The molecule has 1 aromatic rings. The van der Waals surface area contributed by atoms with E-state index < -0.39 is 0 Å². The summed E-state index contributed by atoms with van der Waals surface area (Å²) in [6.45, 7) is 6.44. The molecule has 1 aromatic heterocycles. The second-order valence-electron chi connectivity index (χ2n) is 4.13. The van der Waals surface area contributed by atoms with Crippen molar-refractivity contribution in [1.82, 2.24) is 4.98 Å². The molecule has 0 radical (unpaired) electrons. The molecule has 1 rings (SSSR count). The fourth-order valence-electron chi connectivity index (χ4n) is 1.43. The van der Waals surface area contributed by atoms with Gasteiger partial charge in [0.1, 0.15) is 5.76 Å². The summed E-state index contributed by atoms with van der Waals surface area (Å²) < 4.78 is 5.61. The van der Waals surface area contributed by atoms with E-state index in [1.165, 1.54) is 25.7 Å². The topological polar surface area (TPSA) is 26.0 Å². The van der Waals surface area contributed by atoms with Crippen LogP contribution in [-0.4, -0.2) is 4.98 Å². The van der Waals surface area contributed by atoms with Crippen LogP contribution in [0.3, 0.4) is 0 Å². The number of rotatable bonds is 6. The third-order valence-electron chi connectivity index (χ3n) is 2.34. The molecule has 0 aliphatic heterocycles. The highest BCUT2D eigenvalue weighted by Gasteiger charge is 2.06. The molecule has 2 nitrogen and oxygen atoms in total. The Hall–Kier alpha value is -0.790. The van der Waals surface area contributed by atoms with Crippen molar-refractivity contribution < 1.29 is 4.42 Å². The SMILES string of the molecule is CCCCCCc1cnc(C(C)C)o1. The Kier molecular flexibility index (Phi) is 4.71. The third-order valence-corrected chi connectivity index (χ3v) is 2.34. The molecule has 0 saturated carbocycles. The van der Waals surface area contributed by atoms with Gasteiger partial charge in [-0.2, -0.15) is 0 Å². The van der Waals surface area contributed by atoms with Gasteiger partial charge in [-0.1, -0.05) is 40.0 Å². The van der Waals surface area contributed by atoms with Crippen LogP contribution in [0.4, 0.5) is 0 Å². The molecule has 0 unspecified atom stereocenters. The first-order chi connectivity index (χ1) is 6.74. The van der Waals surface area contributed by atoms with E-state index in [-0.39, 0.29) is 0 Å². The first kappa shape index (κ1) is 11.3. The van der Waals surface area contributed by atoms with Gasteiger partial charge in [0.2, 0.25) is 0 Å². The van der Waals surface area contributed by atoms with Gasteiger partial charge >= 0.3 is 0 Å². The van der Waals surface area contributed by atoms with E-state index in [2.05, 4.69) is 25.8 Å². The van der Waals surface area contributed by atoms with Crippen LogP contribution in [0.2, 0.25) is 0 Å². The summed E-state index contributed by atoms with van der Waals surface area (Å²) in [7, 11) is 0. The molecular formula is C12H21NO. The van der Waals surface area contributed by atoms with Crippen LogP contribution in [-0.2, 0) is 6.42 Å². The standard InChI is InChI=1S/C12H21NO/c1-4-5-6-7-8-11-9-13-12(14-11)10(2)3/h9-10H,4-8H2,1-3H3. The van der Waals surface area contributed by atoms with E-state index in [1.54, 1.807) is 0 Å². The summed E-state index contributed by atoms with van der Waals surface area (Å²) in [6, 6.07) is 0. The molecule has 1 heterocycles. The maximum atomic E-state index is 5.61. The number of hydrogen-bond acceptors (Lipinski definition) is 2. The predicted octanol–water partition coefficient (Wildman–Crippen LogP) is 3.92. The van der Waals surface area contributed by atoms with Crippen molar-refractivity contribution in [2.75, 3.05) is 0 Å². The Bertz CT molecular complexity index is 253. The number of oxazole rings is 1. The van der Waals surface area contributed by atoms with E-state index in [0.717, 1.165) is 18.1 Å². The number of hydrogen-bond donors (Lipinski definition) is 0. The van der Waals surface area contributed by atoms with Crippen LogP contribution in [0.1, 0.15) is 64.0 Å². The van der Waals surface area contributed by atoms with Crippen LogP contribution in [0, 0.1) is 0 Å². The number of aryl methyl sites for hydroxylation is 1. The molecule has 0 aliphatic carbocycles. The van der Waals surface area contributed by atoms with Crippen molar-refractivity contribution >= 4 is 0 Å². The van der Waals surface area contributed by atoms with Gasteiger partial charge in [0.15, 0.2) is 5.89 Å². The predicted molar refractivity (Wildman–Crippen MR) is 58.4 cm³/mol. The highest BCUT2D eigenvalue weighted by Crippen LogP contribution is 2.15. The summed E-state index contributed by atoms with van der Waals surface area (Å²) in [4.78, 5) is 4.25. The van der Waals surface area contributed by atoms with Crippen molar-refractivity contribution in [3.63, 3.8) is 0 Å². The molecular weight excluding hydrogens is 174 g/mol. The summed E-state index contributed by atoms with van der Waals surface area (Å²) in [6.07, 6.45) is 8.05. The molecule has 0 amide bonds. The minimum atomic E-state index is 0.402. The van der Waals surface area contributed by atoms with Crippen molar-refractivity contribution in [3.8, 4) is 0 Å². The highest BCUT2D eigenvalue weighted by molar-refractivity contribution is 4.97. The second-order valence-corrected chi connectivity index (χ2v) is 4.13. The molecule has 0 aromatic carbocycles. The van der Waals surface area contributed by atoms with Crippen LogP contribution in [0.5, 0.6) is 0 Å². The van der Waals surface area contributed by atoms with Gasteiger partial charge in [-0.25, -0.2) is 4.98 Å². The Morgan fingerprint density at radius 3 is 2.64 bits per heavy atom. The second kappa shape index (κ2) is 5.84. The maximum absolute atomic E-state index is 5.61. The van der Waals surface area contributed by atoms with E-state index in [1.807, 2.05) is 6.20 Å². The summed E-state index contributed by atoms with van der Waals surface area (Å²) in [5.41, 5.74) is 0. The first-order valence-corrected chi connectivity index (χ1v) is 5.68. The number of unbranched alkanes of at least 4 members (excludes halogenated alkanes) is 3. The zero-order chi connectivity index (χ0) is 10.4. The average Bonchev–Trinajstić information content (AvgIpc) is 2.61. The quantitative estimate of drug-likeness (QED) is 0.643. The molecule has 2 heteroatoms. The molecule has 14 heavy (non-hydrogen) atoms. The summed E-state index contributed by atoms with van der Waals surface area (Å²) in [5.74, 6) is 2.32. The minimum absolute atomic E-state index is 0.402.